The molecule has 2 rings (SSSR count). The molecule has 2 N–H and O–H groups in total. The maximum absolute atomic E-state index is 11.7. The Labute approximate surface area is 115 Å². The van der Waals surface area contributed by atoms with Gasteiger partial charge in [-0.05, 0) is 32.9 Å². The number of carboxylic acids is 1. The molecule has 0 fully saturated rings. The van der Waals surface area contributed by atoms with Gasteiger partial charge in [-0.15, -0.1) is 0 Å². The molecule has 7 nitrogen and oxygen atoms in total. The standard InChI is InChI=1S/C13H15N3O4/c1-13(2,3)20-12(19)15-10-7-14-9-6-8(11(17)18)4-5-16(9)10/h4-7H,1-3H3,(H,15,19)(H,17,18). The number of aromatic carboxylic acids is 1. The Bertz CT molecular complexity index is 670. The molecule has 0 aliphatic heterocycles. The number of fused-ring (bicyclic) bond motifs is 1. The zero-order valence-corrected chi connectivity index (χ0v) is 11.4. The van der Waals surface area contributed by atoms with Crippen LogP contribution in [0.25, 0.3) is 5.65 Å². The van der Waals surface area contributed by atoms with Crippen molar-refractivity contribution in [2.45, 2.75) is 26.4 Å². The minimum atomic E-state index is -1.03. The fraction of sp³-hybridized carbons (Fsp3) is 0.308. The summed E-state index contributed by atoms with van der Waals surface area (Å²) in [7, 11) is 0. The van der Waals surface area contributed by atoms with Crippen molar-refractivity contribution in [2.24, 2.45) is 0 Å². The second kappa shape index (κ2) is 4.84. The highest BCUT2D eigenvalue weighted by molar-refractivity contribution is 5.89. The minimum absolute atomic E-state index is 0.131. The van der Waals surface area contributed by atoms with Gasteiger partial charge in [0.25, 0.3) is 0 Å². The molecule has 0 bridgehead atoms. The van der Waals surface area contributed by atoms with Gasteiger partial charge in [-0.25, -0.2) is 14.6 Å². The van der Waals surface area contributed by atoms with Gasteiger partial charge in [0.15, 0.2) is 0 Å². The van der Waals surface area contributed by atoms with E-state index in [1.54, 1.807) is 25.2 Å². The molecule has 0 atom stereocenters. The smallest absolute Gasteiger partial charge is 0.413 e. The van der Waals surface area contributed by atoms with Gasteiger partial charge in [-0.1, -0.05) is 0 Å². The Morgan fingerprint density at radius 3 is 2.70 bits per heavy atom. The van der Waals surface area contributed by atoms with Crippen LogP contribution in [0.4, 0.5) is 10.6 Å². The van der Waals surface area contributed by atoms with Crippen LogP contribution < -0.4 is 5.32 Å². The Kier molecular flexibility index (Phi) is 3.35. The number of nitrogens with one attached hydrogen (secondary N) is 1. The first-order valence-corrected chi connectivity index (χ1v) is 5.97. The number of nitrogens with zero attached hydrogens (tertiary/aromatic N) is 2. The molecule has 0 aromatic carbocycles. The van der Waals surface area contributed by atoms with E-state index in [0.717, 1.165) is 0 Å². The van der Waals surface area contributed by atoms with Crippen molar-refractivity contribution >= 4 is 23.5 Å². The van der Waals surface area contributed by atoms with Crippen molar-refractivity contribution in [3.63, 3.8) is 0 Å². The van der Waals surface area contributed by atoms with Gasteiger partial charge < -0.3 is 9.84 Å². The number of rotatable bonds is 2. The lowest BCUT2D eigenvalue weighted by molar-refractivity contribution is 0.0633. The molecule has 0 aliphatic rings. The fourth-order valence-electron chi connectivity index (χ4n) is 1.61. The molecule has 2 aromatic rings. The lowest BCUT2D eigenvalue weighted by atomic mass is 10.2. The minimum Gasteiger partial charge on any atom is -0.478 e. The maximum Gasteiger partial charge on any atom is 0.413 e. The number of anilines is 1. The van der Waals surface area contributed by atoms with E-state index in [-0.39, 0.29) is 5.56 Å². The highest BCUT2D eigenvalue weighted by Crippen LogP contribution is 2.15. The Morgan fingerprint density at radius 2 is 2.10 bits per heavy atom. The third kappa shape index (κ3) is 3.05. The van der Waals surface area contributed by atoms with E-state index in [2.05, 4.69) is 10.3 Å². The summed E-state index contributed by atoms with van der Waals surface area (Å²) >= 11 is 0. The second-order valence-corrected chi connectivity index (χ2v) is 5.22. The summed E-state index contributed by atoms with van der Waals surface area (Å²) < 4.78 is 6.70. The molecule has 2 aromatic heterocycles. The molecular weight excluding hydrogens is 262 g/mol. The summed E-state index contributed by atoms with van der Waals surface area (Å²) in [4.78, 5) is 26.6. The molecule has 1 amide bonds. The summed E-state index contributed by atoms with van der Waals surface area (Å²) in [5.74, 6) is -0.622. The monoisotopic (exact) mass is 277 g/mol. The first kappa shape index (κ1) is 13.9. The van der Waals surface area contributed by atoms with Gasteiger partial charge in [-0.2, -0.15) is 0 Å². The number of carbonyl (C=O) groups is 2. The van der Waals surface area contributed by atoms with Crippen LogP contribution in [0.3, 0.4) is 0 Å². The summed E-state index contributed by atoms with van der Waals surface area (Å²) in [5.41, 5.74) is -0.0380. The summed E-state index contributed by atoms with van der Waals surface area (Å²) in [5, 5.41) is 11.5. The normalized spacial score (nSPS) is 11.3. The lowest BCUT2D eigenvalue weighted by Gasteiger charge is -2.19. The van der Waals surface area contributed by atoms with Gasteiger partial charge in [-0.3, -0.25) is 9.72 Å². The Balaban J connectivity index is 2.24. The average Bonchev–Trinajstić information content (AvgIpc) is 2.69. The van der Waals surface area contributed by atoms with Crippen LogP contribution in [-0.4, -0.2) is 32.2 Å². The number of carboxylic acid groups (broad SMARTS) is 1. The van der Waals surface area contributed by atoms with Crippen LogP contribution in [0.5, 0.6) is 0 Å². The summed E-state index contributed by atoms with van der Waals surface area (Å²) in [6.45, 7) is 5.29. The van der Waals surface area contributed by atoms with Crippen molar-refractivity contribution in [3.05, 3.63) is 30.1 Å². The Morgan fingerprint density at radius 1 is 1.40 bits per heavy atom. The Hall–Kier alpha value is -2.57. The number of pyridine rings is 1. The average molecular weight is 277 g/mol. The van der Waals surface area contributed by atoms with Crippen molar-refractivity contribution < 1.29 is 19.4 Å². The van der Waals surface area contributed by atoms with E-state index in [9.17, 15) is 9.59 Å². The van der Waals surface area contributed by atoms with E-state index >= 15 is 0 Å². The van der Waals surface area contributed by atoms with Crippen molar-refractivity contribution in [2.75, 3.05) is 5.32 Å². The first-order valence-electron chi connectivity index (χ1n) is 5.97. The summed E-state index contributed by atoms with van der Waals surface area (Å²) in [6, 6.07) is 2.85. The van der Waals surface area contributed by atoms with Gasteiger partial charge in [0.2, 0.25) is 0 Å². The molecule has 0 saturated heterocycles. The van der Waals surface area contributed by atoms with Crippen molar-refractivity contribution in [3.8, 4) is 0 Å². The van der Waals surface area contributed by atoms with E-state index in [0.29, 0.717) is 11.5 Å². The molecule has 106 valence electrons. The first-order chi connectivity index (χ1) is 9.26. The van der Waals surface area contributed by atoms with Crippen molar-refractivity contribution in [1.82, 2.24) is 9.38 Å². The number of carbonyl (C=O) groups excluding carboxylic acids is 1. The molecule has 7 heteroatoms. The van der Waals surface area contributed by atoms with Crippen LogP contribution in [0.2, 0.25) is 0 Å². The summed E-state index contributed by atoms with van der Waals surface area (Å²) in [6.07, 6.45) is 2.37. The maximum atomic E-state index is 11.7. The number of imidazole rings is 1. The molecule has 0 saturated carbocycles. The predicted octanol–water partition coefficient (Wildman–Crippen LogP) is 2.38. The molecule has 0 spiro atoms. The van der Waals surface area contributed by atoms with Crippen molar-refractivity contribution in [1.29, 1.82) is 0 Å². The van der Waals surface area contributed by atoms with Gasteiger partial charge >= 0.3 is 12.1 Å². The zero-order chi connectivity index (χ0) is 14.9. The predicted molar refractivity (Wildman–Crippen MR) is 72.0 cm³/mol. The zero-order valence-electron chi connectivity index (χ0n) is 11.4. The number of hydrogen-bond acceptors (Lipinski definition) is 4. The van der Waals surface area contributed by atoms with Gasteiger partial charge in [0, 0.05) is 6.20 Å². The van der Waals surface area contributed by atoms with E-state index < -0.39 is 17.7 Å². The van der Waals surface area contributed by atoms with E-state index in [4.69, 9.17) is 9.84 Å². The molecular formula is C13H15N3O4. The van der Waals surface area contributed by atoms with E-state index in [1.165, 1.54) is 24.5 Å². The number of aromatic nitrogens is 2. The van der Waals surface area contributed by atoms with Gasteiger partial charge in [0.1, 0.15) is 17.1 Å². The molecule has 0 aliphatic carbocycles. The molecule has 0 unspecified atom stereocenters. The number of amides is 1. The third-order valence-corrected chi connectivity index (χ3v) is 2.39. The molecule has 20 heavy (non-hydrogen) atoms. The van der Waals surface area contributed by atoms with Gasteiger partial charge in [0.05, 0.1) is 11.8 Å². The van der Waals surface area contributed by atoms with Crippen LogP contribution in [-0.2, 0) is 4.74 Å². The number of ether oxygens (including phenoxy) is 1. The molecule has 0 radical (unpaired) electrons. The highest BCUT2D eigenvalue weighted by atomic mass is 16.6. The quantitative estimate of drug-likeness (QED) is 0.879. The van der Waals surface area contributed by atoms with Crippen LogP contribution in [0.15, 0.2) is 24.5 Å². The third-order valence-electron chi connectivity index (χ3n) is 2.39. The molecule has 2 heterocycles. The van der Waals surface area contributed by atoms with Crippen LogP contribution in [0.1, 0.15) is 31.1 Å². The van der Waals surface area contributed by atoms with Crippen LogP contribution >= 0.6 is 0 Å². The lowest BCUT2D eigenvalue weighted by Crippen LogP contribution is -2.27. The number of hydrogen-bond donors (Lipinski definition) is 2. The second-order valence-electron chi connectivity index (χ2n) is 5.22. The van der Waals surface area contributed by atoms with Crippen LogP contribution in [0, 0.1) is 0 Å². The largest absolute Gasteiger partial charge is 0.478 e. The SMILES string of the molecule is CC(C)(C)OC(=O)Nc1cnc2cc(C(=O)O)ccn12. The van der Waals surface area contributed by atoms with E-state index in [1.807, 2.05) is 0 Å². The topological polar surface area (TPSA) is 92.9 Å². The highest BCUT2D eigenvalue weighted by Gasteiger charge is 2.17. The fourth-order valence-corrected chi connectivity index (χ4v) is 1.61.